The maximum absolute atomic E-state index is 5.50. The van der Waals surface area contributed by atoms with Gasteiger partial charge in [0.05, 0.1) is 0 Å². The Kier molecular flexibility index (Phi) is 3.87. The molecular formula is C9H17N5S. The first-order valence-electron chi connectivity index (χ1n) is 5.34. The molecule has 0 bridgehead atoms. The number of piperazine rings is 1. The van der Waals surface area contributed by atoms with E-state index in [4.69, 9.17) is 5.73 Å². The minimum atomic E-state index is 0.788. The summed E-state index contributed by atoms with van der Waals surface area (Å²) in [5.74, 6) is 0. The Morgan fingerprint density at radius 2 is 2.13 bits per heavy atom. The van der Waals surface area contributed by atoms with E-state index in [1.807, 2.05) is 0 Å². The molecule has 2 N–H and O–H groups in total. The third-order valence-electron chi connectivity index (χ3n) is 2.67. The maximum atomic E-state index is 5.50. The van der Waals surface area contributed by atoms with Gasteiger partial charge < -0.3 is 10.6 Å². The summed E-state index contributed by atoms with van der Waals surface area (Å²) in [6.45, 7) is 6.25. The summed E-state index contributed by atoms with van der Waals surface area (Å²) in [5, 5.41) is 1.05. The molecule has 6 heteroatoms. The fourth-order valence-corrected chi connectivity index (χ4v) is 2.37. The van der Waals surface area contributed by atoms with Crippen LogP contribution in [-0.2, 0) is 0 Å². The zero-order valence-electron chi connectivity index (χ0n) is 8.80. The molecule has 0 amide bonds. The van der Waals surface area contributed by atoms with Crippen LogP contribution in [0.15, 0.2) is 6.33 Å². The molecule has 2 rings (SSSR count). The highest BCUT2D eigenvalue weighted by atomic mass is 32.1. The maximum Gasteiger partial charge on any atom is 0.205 e. The van der Waals surface area contributed by atoms with E-state index in [9.17, 15) is 0 Å². The van der Waals surface area contributed by atoms with Crippen molar-refractivity contribution in [3.05, 3.63) is 6.33 Å². The van der Waals surface area contributed by atoms with Gasteiger partial charge in [0.15, 0.2) is 0 Å². The van der Waals surface area contributed by atoms with Crippen LogP contribution in [0, 0.1) is 0 Å². The average Bonchev–Trinajstić information content (AvgIpc) is 2.80. The summed E-state index contributed by atoms with van der Waals surface area (Å²) in [7, 11) is 0. The zero-order valence-corrected chi connectivity index (χ0v) is 9.62. The van der Waals surface area contributed by atoms with E-state index in [0.717, 1.165) is 50.8 Å². The summed E-state index contributed by atoms with van der Waals surface area (Å²) < 4.78 is 4.02. The van der Waals surface area contributed by atoms with Crippen LogP contribution in [0.3, 0.4) is 0 Å². The molecule has 1 aromatic heterocycles. The summed E-state index contributed by atoms with van der Waals surface area (Å²) in [4.78, 5) is 8.99. The fourth-order valence-electron chi connectivity index (χ4n) is 1.78. The summed E-state index contributed by atoms with van der Waals surface area (Å²) in [6, 6.07) is 0. The quantitative estimate of drug-likeness (QED) is 0.785. The first kappa shape index (κ1) is 10.8. The Bertz CT molecular complexity index is 268. The van der Waals surface area contributed by atoms with Crippen LogP contribution in [-0.4, -0.2) is 53.5 Å². The normalized spacial score (nSPS) is 18.3. The largest absolute Gasteiger partial charge is 0.344 e. The lowest BCUT2D eigenvalue weighted by molar-refractivity contribution is 0.256. The van der Waals surface area contributed by atoms with Crippen LogP contribution in [0.5, 0.6) is 0 Å². The van der Waals surface area contributed by atoms with Gasteiger partial charge in [0.25, 0.3) is 0 Å². The highest BCUT2D eigenvalue weighted by Gasteiger charge is 2.18. The summed E-state index contributed by atoms with van der Waals surface area (Å²) in [6.07, 6.45) is 2.72. The first-order chi connectivity index (χ1) is 7.40. The Hall–Kier alpha value is -0.720. The number of nitrogens with zero attached hydrogens (tertiary/aromatic N) is 4. The van der Waals surface area contributed by atoms with Crippen molar-refractivity contribution in [2.45, 2.75) is 6.42 Å². The molecule has 0 aromatic carbocycles. The summed E-state index contributed by atoms with van der Waals surface area (Å²) in [5.41, 5.74) is 5.50. The predicted molar refractivity (Wildman–Crippen MR) is 62.2 cm³/mol. The van der Waals surface area contributed by atoms with E-state index in [1.54, 1.807) is 6.33 Å². The van der Waals surface area contributed by atoms with Crippen molar-refractivity contribution in [2.75, 3.05) is 44.2 Å². The predicted octanol–water partition coefficient (Wildman–Crippen LogP) is 0.00890. The smallest absolute Gasteiger partial charge is 0.205 e. The number of hydrogen-bond donors (Lipinski definition) is 1. The second-order valence-corrected chi connectivity index (χ2v) is 4.45. The van der Waals surface area contributed by atoms with E-state index in [2.05, 4.69) is 19.2 Å². The lowest BCUT2D eigenvalue weighted by atomic mass is 10.3. The van der Waals surface area contributed by atoms with Crippen molar-refractivity contribution >= 4 is 16.7 Å². The van der Waals surface area contributed by atoms with Crippen molar-refractivity contribution in [3.8, 4) is 0 Å². The van der Waals surface area contributed by atoms with Crippen molar-refractivity contribution in [3.63, 3.8) is 0 Å². The molecule has 0 unspecified atom stereocenters. The molecule has 84 valence electrons. The molecule has 1 fully saturated rings. The Morgan fingerprint density at radius 3 is 2.73 bits per heavy atom. The molecule has 0 atom stereocenters. The topological polar surface area (TPSA) is 58.3 Å². The van der Waals surface area contributed by atoms with Crippen LogP contribution in [0.2, 0.25) is 0 Å². The zero-order chi connectivity index (χ0) is 10.5. The first-order valence-corrected chi connectivity index (χ1v) is 6.11. The lowest BCUT2D eigenvalue weighted by Gasteiger charge is -2.34. The molecule has 1 saturated heterocycles. The molecule has 1 aromatic rings. The molecular weight excluding hydrogens is 210 g/mol. The van der Waals surface area contributed by atoms with Gasteiger partial charge in [0.2, 0.25) is 5.13 Å². The fraction of sp³-hybridized carbons (Fsp3) is 0.778. The SMILES string of the molecule is NCCCN1CCN(c2ncns2)CC1. The van der Waals surface area contributed by atoms with E-state index < -0.39 is 0 Å². The van der Waals surface area contributed by atoms with Gasteiger partial charge in [-0.3, -0.25) is 4.90 Å². The lowest BCUT2D eigenvalue weighted by Crippen LogP contribution is -2.46. The van der Waals surface area contributed by atoms with Gasteiger partial charge >= 0.3 is 0 Å². The van der Waals surface area contributed by atoms with Crippen molar-refractivity contribution in [1.82, 2.24) is 14.3 Å². The number of rotatable bonds is 4. The molecule has 2 heterocycles. The molecule has 1 aliphatic heterocycles. The number of anilines is 1. The van der Waals surface area contributed by atoms with Gasteiger partial charge in [0, 0.05) is 37.7 Å². The highest BCUT2D eigenvalue weighted by molar-refractivity contribution is 7.09. The molecule has 0 aliphatic carbocycles. The van der Waals surface area contributed by atoms with Crippen LogP contribution >= 0.6 is 11.5 Å². The van der Waals surface area contributed by atoms with E-state index in [1.165, 1.54) is 11.5 Å². The highest BCUT2D eigenvalue weighted by Crippen LogP contribution is 2.16. The average molecular weight is 227 g/mol. The van der Waals surface area contributed by atoms with E-state index in [0.29, 0.717) is 0 Å². The van der Waals surface area contributed by atoms with Crippen LogP contribution in [0.1, 0.15) is 6.42 Å². The molecule has 5 nitrogen and oxygen atoms in total. The van der Waals surface area contributed by atoms with Gasteiger partial charge in [0.1, 0.15) is 6.33 Å². The van der Waals surface area contributed by atoms with Crippen LogP contribution in [0.4, 0.5) is 5.13 Å². The second-order valence-electron chi connectivity index (χ2n) is 3.69. The van der Waals surface area contributed by atoms with Crippen LogP contribution < -0.4 is 10.6 Å². The Labute approximate surface area is 94.1 Å². The Morgan fingerprint density at radius 1 is 1.33 bits per heavy atom. The minimum Gasteiger partial charge on any atom is -0.344 e. The third-order valence-corrected chi connectivity index (χ3v) is 3.40. The van der Waals surface area contributed by atoms with Crippen molar-refractivity contribution in [1.29, 1.82) is 0 Å². The molecule has 1 aliphatic rings. The Balaban J connectivity index is 1.77. The number of aromatic nitrogens is 2. The third kappa shape index (κ3) is 2.87. The molecule has 15 heavy (non-hydrogen) atoms. The van der Waals surface area contributed by atoms with Gasteiger partial charge in [-0.2, -0.15) is 4.37 Å². The monoisotopic (exact) mass is 227 g/mol. The van der Waals surface area contributed by atoms with Crippen LogP contribution in [0.25, 0.3) is 0 Å². The molecule has 0 saturated carbocycles. The second kappa shape index (κ2) is 5.39. The minimum absolute atomic E-state index is 0.788. The number of nitrogens with two attached hydrogens (primary N) is 1. The van der Waals surface area contributed by atoms with Gasteiger partial charge in [-0.1, -0.05) is 0 Å². The van der Waals surface area contributed by atoms with Crippen molar-refractivity contribution in [2.24, 2.45) is 5.73 Å². The van der Waals surface area contributed by atoms with E-state index in [-0.39, 0.29) is 0 Å². The standard InChI is InChI=1S/C9H17N5S/c10-2-1-3-13-4-6-14(7-5-13)9-11-8-12-15-9/h8H,1-7,10H2. The molecule has 0 radical (unpaired) electrons. The van der Waals surface area contributed by atoms with Gasteiger partial charge in [-0.25, -0.2) is 4.98 Å². The summed E-state index contributed by atoms with van der Waals surface area (Å²) >= 11 is 1.47. The number of hydrogen-bond acceptors (Lipinski definition) is 6. The van der Waals surface area contributed by atoms with E-state index >= 15 is 0 Å². The molecule has 0 spiro atoms. The van der Waals surface area contributed by atoms with Crippen molar-refractivity contribution < 1.29 is 0 Å². The van der Waals surface area contributed by atoms with Gasteiger partial charge in [-0.05, 0) is 19.5 Å². The van der Waals surface area contributed by atoms with Gasteiger partial charge in [-0.15, -0.1) is 0 Å².